The number of anilines is 1. The fraction of sp³-hybridized carbons (Fsp3) is 0.571. The van der Waals surface area contributed by atoms with E-state index in [0.29, 0.717) is 12.1 Å². The SMILES string of the molecule is CC(O)c1ccc(N2CCCC(C)(O)C2)cc1O. The van der Waals surface area contributed by atoms with Crippen LogP contribution in [0.3, 0.4) is 0 Å². The highest BCUT2D eigenvalue weighted by Crippen LogP contribution is 2.31. The molecule has 0 bridgehead atoms. The molecule has 1 heterocycles. The first-order valence-electron chi connectivity index (χ1n) is 6.37. The van der Waals surface area contributed by atoms with Crippen molar-refractivity contribution in [2.45, 2.75) is 38.4 Å². The van der Waals surface area contributed by atoms with Crippen LogP contribution < -0.4 is 4.90 Å². The number of aliphatic hydroxyl groups excluding tert-OH is 1. The number of phenolic OH excluding ortho intramolecular Hbond substituents is 1. The lowest BCUT2D eigenvalue weighted by atomic mass is 9.94. The van der Waals surface area contributed by atoms with Crippen molar-refractivity contribution in [1.82, 2.24) is 0 Å². The van der Waals surface area contributed by atoms with Crippen LogP contribution in [0.4, 0.5) is 5.69 Å². The van der Waals surface area contributed by atoms with E-state index in [4.69, 9.17) is 0 Å². The molecule has 3 N–H and O–H groups in total. The van der Waals surface area contributed by atoms with Crippen molar-refractivity contribution in [3.63, 3.8) is 0 Å². The molecule has 2 rings (SSSR count). The molecule has 0 aliphatic carbocycles. The van der Waals surface area contributed by atoms with Crippen LogP contribution in [-0.2, 0) is 0 Å². The lowest BCUT2D eigenvalue weighted by Gasteiger charge is -2.38. The first-order chi connectivity index (χ1) is 8.39. The van der Waals surface area contributed by atoms with Crippen molar-refractivity contribution < 1.29 is 15.3 Å². The van der Waals surface area contributed by atoms with E-state index in [9.17, 15) is 15.3 Å². The molecular formula is C14H21NO3. The minimum Gasteiger partial charge on any atom is -0.507 e. The fourth-order valence-electron chi connectivity index (χ4n) is 2.52. The van der Waals surface area contributed by atoms with Gasteiger partial charge in [0.1, 0.15) is 5.75 Å². The maximum atomic E-state index is 10.1. The summed E-state index contributed by atoms with van der Waals surface area (Å²) in [6, 6.07) is 5.27. The Labute approximate surface area is 107 Å². The Hall–Kier alpha value is -1.26. The van der Waals surface area contributed by atoms with Gasteiger partial charge in [0.05, 0.1) is 11.7 Å². The highest BCUT2D eigenvalue weighted by Gasteiger charge is 2.28. The van der Waals surface area contributed by atoms with E-state index in [1.165, 1.54) is 0 Å². The number of hydrogen-bond donors (Lipinski definition) is 3. The van der Waals surface area contributed by atoms with E-state index in [1.54, 1.807) is 19.1 Å². The summed E-state index contributed by atoms with van der Waals surface area (Å²) in [7, 11) is 0. The van der Waals surface area contributed by atoms with Crippen LogP contribution in [0.15, 0.2) is 18.2 Å². The van der Waals surface area contributed by atoms with Gasteiger partial charge in [-0.05, 0) is 32.8 Å². The first kappa shape index (κ1) is 13.2. The van der Waals surface area contributed by atoms with E-state index in [0.717, 1.165) is 25.1 Å². The average Bonchev–Trinajstić information content (AvgIpc) is 2.27. The van der Waals surface area contributed by atoms with Gasteiger partial charge in [0, 0.05) is 30.4 Å². The maximum absolute atomic E-state index is 10.1. The van der Waals surface area contributed by atoms with Gasteiger partial charge in [-0.3, -0.25) is 0 Å². The van der Waals surface area contributed by atoms with Crippen molar-refractivity contribution in [3.05, 3.63) is 23.8 Å². The molecule has 2 unspecified atom stereocenters. The standard InChI is InChI=1S/C14H21NO3/c1-10(16)12-5-4-11(8-13(12)17)15-7-3-6-14(2,18)9-15/h4-5,8,10,16-18H,3,6-7,9H2,1-2H3. The zero-order chi connectivity index (χ0) is 13.3. The third-order valence-electron chi connectivity index (χ3n) is 3.50. The van der Waals surface area contributed by atoms with Crippen molar-refractivity contribution in [2.75, 3.05) is 18.0 Å². The van der Waals surface area contributed by atoms with Crippen LogP contribution in [-0.4, -0.2) is 34.0 Å². The van der Waals surface area contributed by atoms with E-state index in [2.05, 4.69) is 4.90 Å². The zero-order valence-corrected chi connectivity index (χ0v) is 10.9. The number of nitrogens with zero attached hydrogens (tertiary/aromatic N) is 1. The summed E-state index contributed by atoms with van der Waals surface area (Å²) in [5.41, 5.74) is 0.746. The molecule has 100 valence electrons. The molecule has 4 heteroatoms. The number of piperidine rings is 1. The largest absolute Gasteiger partial charge is 0.507 e. The van der Waals surface area contributed by atoms with Crippen LogP contribution in [0.2, 0.25) is 0 Å². The number of aliphatic hydroxyl groups is 2. The van der Waals surface area contributed by atoms with Gasteiger partial charge >= 0.3 is 0 Å². The molecule has 1 aromatic carbocycles. The maximum Gasteiger partial charge on any atom is 0.123 e. The second kappa shape index (κ2) is 4.78. The van der Waals surface area contributed by atoms with Gasteiger partial charge in [0.2, 0.25) is 0 Å². The van der Waals surface area contributed by atoms with Gasteiger partial charge in [-0.15, -0.1) is 0 Å². The third kappa shape index (κ3) is 2.76. The van der Waals surface area contributed by atoms with Gasteiger partial charge < -0.3 is 20.2 Å². The molecule has 1 aliphatic rings. The number of β-amino-alcohol motifs (C(OH)–C–C–N with tert-alkyl or cyclic N) is 1. The van der Waals surface area contributed by atoms with Gasteiger partial charge in [-0.1, -0.05) is 6.07 Å². The molecule has 0 spiro atoms. The Morgan fingerprint density at radius 3 is 2.67 bits per heavy atom. The molecule has 0 saturated carbocycles. The Bertz CT molecular complexity index is 429. The summed E-state index contributed by atoms with van der Waals surface area (Å²) in [4.78, 5) is 2.06. The lowest BCUT2D eigenvalue weighted by molar-refractivity contribution is 0.0449. The van der Waals surface area contributed by atoms with Gasteiger partial charge in [-0.2, -0.15) is 0 Å². The van der Waals surface area contributed by atoms with Crippen LogP contribution in [0.25, 0.3) is 0 Å². The number of phenols is 1. The molecule has 1 aromatic rings. The zero-order valence-electron chi connectivity index (χ0n) is 10.9. The molecule has 0 radical (unpaired) electrons. The Balaban J connectivity index is 2.21. The summed E-state index contributed by atoms with van der Waals surface area (Å²) >= 11 is 0. The van der Waals surface area contributed by atoms with Gasteiger partial charge in [0.25, 0.3) is 0 Å². The second-order valence-electron chi connectivity index (χ2n) is 5.44. The second-order valence-corrected chi connectivity index (χ2v) is 5.44. The summed E-state index contributed by atoms with van der Waals surface area (Å²) < 4.78 is 0. The fourth-order valence-corrected chi connectivity index (χ4v) is 2.52. The molecule has 4 nitrogen and oxygen atoms in total. The molecule has 2 atom stereocenters. The number of benzene rings is 1. The normalized spacial score (nSPS) is 26.1. The van der Waals surface area contributed by atoms with Crippen LogP contribution in [0, 0.1) is 0 Å². The van der Waals surface area contributed by atoms with E-state index >= 15 is 0 Å². The summed E-state index contributed by atoms with van der Waals surface area (Å²) in [6.07, 6.45) is 1.07. The Morgan fingerprint density at radius 2 is 2.11 bits per heavy atom. The Morgan fingerprint density at radius 1 is 1.39 bits per heavy atom. The smallest absolute Gasteiger partial charge is 0.123 e. The van der Waals surface area contributed by atoms with Crippen molar-refractivity contribution >= 4 is 5.69 Å². The van der Waals surface area contributed by atoms with Gasteiger partial charge in [0.15, 0.2) is 0 Å². The highest BCUT2D eigenvalue weighted by molar-refractivity contribution is 5.54. The van der Waals surface area contributed by atoms with Gasteiger partial charge in [-0.25, -0.2) is 0 Å². The van der Waals surface area contributed by atoms with E-state index in [1.807, 2.05) is 13.0 Å². The summed E-state index contributed by atoms with van der Waals surface area (Å²) in [5, 5.41) is 29.4. The minimum atomic E-state index is -0.677. The van der Waals surface area contributed by atoms with Crippen LogP contribution >= 0.6 is 0 Å². The molecule has 18 heavy (non-hydrogen) atoms. The predicted octanol–water partition coefficient (Wildman–Crippen LogP) is 1.80. The summed E-state index contributed by atoms with van der Waals surface area (Å²) in [6.45, 7) is 4.91. The topological polar surface area (TPSA) is 63.9 Å². The van der Waals surface area contributed by atoms with E-state index in [-0.39, 0.29) is 5.75 Å². The molecule has 0 aromatic heterocycles. The number of aromatic hydroxyl groups is 1. The third-order valence-corrected chi connectivity index (χ3v) is 3.50. The monoisotopic (exact) mass is 251 g/mol. The van der Waals surface area contributed by atoms with Crippen LogP contribution in [0.1, 0.15) is 38.4 Å². The molecule has 1 fully saturated rings. The van der Waals surface area contributed by atoms with Crippen molar-refractivity contribution in [3.8, 4) is 5.75 Å². The Kier molecular flexibility index (Phi) is 3.50. The minimum absolute atomic E-state index is 0.104. The lowest BCUT2D eigenvalue weighted by Crippen LogP contribution is -2.46. The first-order valence-corrected chi connectivity index (χ1v) is 6.37. The molecule has 1 saturated heterocycles. The number of hydrogen-bond acceptors (Lipinski definition) is 4. The number of rotatable bonds is 2. The quantitative estimate of drug-likeness (QED) is 0.750. The molecule has 1 aliphatic heterocycles. The average molecular weight is 251 g/mol. The predicted molar refractivity (Wildman–Crippen MR) is 70.8 cm³/mol. The molecular weight excluding hydrogens is 230 g/mol. The van der Waals surface area contributed by atoms with Crippen molar-refractivity contribution in [2.24, 2.45) is 0 Å². The van der Waals surface area contributed by atoms with Crippen LogP contribution in [0.5, 0.6) is 5.75 Å². The highest BCUT2D eigenvalue weighted by atomic mass is 16.3. The van der Waals surface area contributed by atoms with Crippen molar-refractivity contribution in [1.29, 1.82) is 0 Å². The summed E-state index contributed by atoms with van der Waals surface area (Å²) in [5.74, 6) is 0.104. The molecule has 0 amide bonds. The van der Waals surface area contributed by atoms with E-state index < -0.39 is 11.7 Å².